The van der Waals surface area contributed by atoms with Gasteiger partial charge in [-0.1, -0.05) is 49.7 Å². The Hall–Kier alpha value is -2.53. The van der Waals surface area contributed by atoms with Crippen molar-refractivity contribution in [2.75, 3.05) is 13.2 Å². The largest absolute Gasteiger partial charge is 0.484 e. The Bertz CT molecular complexity index is 791. The van der Waals surface area contributed by atoms with Gasteiger partial charge < -0.3 is 15.0 Å². The molecule has 0 saturated heterocycles. The Morgan fingerprint density at radius 3 is 2.24 bits per heavy atom. The van der Waals surface area contributed by atoms with Gasteiger partial charge in [0.15, 0.2) is 6.61 Å². The fourth-order valence-corrected chi connectivity index (χ4v) is 2.94. The average Bonchev–Trinajstić information content (AvgIpc) is 2.75. The monoisotopic (exact) mass is 416 g/mol. The van der Waals surface area contributed by atoms with Gasteiger partial charge in [-0.2, -0.15) is 0 Å². The molecular weight excluding hydrogens is 388 g/mol. The van der Waals surface area contributed by atoms with Crippen molar-refractivity contribution in [3.63, 3.8) is 0 Å². The second-order valence-electron chi connectivity index (χ2n) is 6.90. The third-order valence-electron chi connectivity index (χ3n) is 4.68. The maximum absolute atomic E-state index is 12.9. The molecule has 0 saturated carbocycles. The molecule has 0 radical (unpaired) electrons. The first-order chi connectivity index (χ1) is 13.9. The molecule has 0 spiro atoms. The number of carbonyl (C=O) groups is 2. The zero-order valence-electron chi connectivity index (χ0n) is 17.3. The maximum Gasteiger partial charge on any atom is 0.261 e. The van der Waals surface area contributed by atoms with Crippen molar-refractivity contribution in [1.29, 1.82) is 0 Å². The molecule has 156 valence electrons. The van der Waals surface area contributed by atoms with Crippen LogP contribution in [0.2, 0.25) is 5.02 Å². The van der Waals surface area contributed by atoms with E-state index in [1.807, 2.05) is 43.3 Å². The topological polar surface area (TPSA) is 58.6 Å². The summed E-state index contributed by atoms with van der Waals surface area (Å²) >= 11 is 5.96. The molecule has 0 aliphatic rings. The van der Waals surface area contributed by atoms with E-state index in [9.17, 15) is 9.59 Å². The van der Waals surface area contributed by atoms with Gasteiger partial charge in [0.05, 0.1) is 0 Å². The van der Waals surface area contributed by atoms with Crippen LogP contribution in [0.15, 0.2) is 48.5 Å². The van der Waals surface area contributed by atoms with Crippen LogP contribution in [0.25, 0.3) is 0 Å². The van der Waals surface area contributed by atoms with Gasteiger partial charge in [0.1, 0.15) is 11.8 Å². The molecule has 6 heteroatoms. The standard InChI is InChI=1S/C23H29ClN2O3/c1-4-14-25-23(28)17(3)26(15-19-6-10-20(24)11-7-19)22(27)16-29-21-12-8-18(5-2)9-13-21/h6-13,17H,4-5,14-16H2,1-3H3,(H,25,28)/t17-/m0/s1. The minimum Gasteiger partial charge on any atom is -0.484 e. The highest BCUT2D eigenvalue weighted by Gasteiger charge is 2.26. The third-order valence-corrected chi connectivity index (χ3v) is 4.93. The summed E-state index contributed by atoms with van der Waals surface area (Å²) in [4.78, 5) is 26.9. The van der Waals surface area contributed by atoms with E-state index < -0.39 is 6.04 Å². The van der Waals surface area contributed by atoms with E-state index in [0.29, 0.717) is 23.9 Å². The SMILES string of the molecule is CCCNC(=O)[C@H](C)N(Cc1ccc(Cl)cc1)C(=O)COc1ccc(CC)cc1. The Balaban J connectivity index is 2.09. The molecule has 0 fully saturated rings. The number of benzene rings is 2. The molecule has 0 aliphatic carbocycles. The molecule has 0 unspecified atom stereocenters. The van der Waals surface area contributed by atoms with E-state index in [0.717, 1.165) is 18.4 Å². The highest BCUT2D eigenvalue weighted by atomic mass is 35.5. The molecule has 0 aliphatic heterocycles. The fourth-order valence-electron chi connectivity index (χ4n) is 2.81. The summed E-state index contributed by atoms with van der Waals surface area (Å²) in [5.74, 6) is 0.199. The van der Waals surface area contributed by atoms with Crippen LogP contribution in [0, 0.1) is 0 Å². The van der Waals surface area contributed by atoms with Crippen LogP contribution in [-0.4, -0.2) is 35.9 Å². The molecule has 5 nitrogen and oxygen atoms in total. The third kappa shape index (κ3) is 7.09. The number of rotatable bonds is 10. The lowest BCUT2D eigenvalue weighted by Crippen LogP contribution is -2.49. The van der Waals surface area contributed by atoms with Gasteiger partial charge in [-0.25, -0.2) is 0 Å². The molecule has 1 atom stereocenters. The van der Waals surface area contributed by atoms with Gasteiger partial charge in [-0.05, 0) is 55.2 Å². The van der Waals surface area contributed by atoms with Crippen LogP contribution < -0.4 is 10.1 Å². The first-order valence-corrected chi connectivity index (χ1v) is 10.4. The Morgan fingerprint density at radius 1 is 1.03 bits per heavy atom. The first-order valence-electron chi connectivity index (χ1n) is 9.98. The number of ether oxygens (including phenoxy) is 1. The Labute approximate surface area is 178 Å². The minimum absolute atomic E-state index is 0.134. The van der Waals surface area contributed by atoms with Crippen LogP contribution in [0.5, 0.6) is 5.75 Å². The van der Waals surface area contributed by atoms with E-state index in [1.54, 1.807) is 19.1 Å². The normalized spacial score (nSPS) is 11.6. The number of amides is 2. The average molecular weight is 417 g/mol. The van der Waals surface area contributed by atoms with Gasteiger partial charge >= 0.3 is 0 Å². The van der Waals surface area contributed by atoms with Crippen LogP contribution in [-0.2, 0) is 22.6 Å². The smallest absolute Gasteiger partial charge is 0.261 e. The first kappa shape index (κ1) is 22.8. The molecule has 2 rings (SSSR count). The number of hydrogen-bond donors (Lipinski definition) is 1. The van der Waals surface area contributed by atoms with E-state index in [-0.39, 0.29) is 18.4 Å². The zero-order valence-corrected chi connectivity index (χ0v) is 18.0. The van der Waals surface area contributed by atoms with Gasteiger partial charge in [-0.3, -0.25) is 9.59 Å². The summed E-state index contributed by atoms with van der Waals surface area (Å²) in [5, 5.41) is 3.48. The maximum atomic E-state index is 12.9. The number of aryl methyl sites for hydroxylation is 1. The van der Waals surface area contributed by atoms with Crippen molar-refractivity contribution in [3.05, 3.63) is 64.7 Å². The lowest BCUT2D eigenvalue weighted by molar-refractivity contribution is -0.142. The van der Waals surface area contributed by atoms with Gasteiger partial charge in [-0.15, -0.1) is 0 Å². The fraction of sp³-hybridized carbons (Fsp3) is 0.391. The second kappa shape index (κ2) is 11.5. The van der Waals surface area contributed by atoms with Crippen molar-refractivity contribution in [1.82, 2.24) is 10.2 Å². The van der Waals surface area contributed by atoms with Crippen LogP contribution in [0.4, 0.5) is 0 Å². The molecule has 0 bridgehead atoms. The van der Waals surface area contributed by atoms with Gasteiger partial charge in [0.25, 0.3) is 5.91 Å². The summed E-state index contributed by atoms with van der Waals surface area (Å²) in [6.45, 7) is 6.54. The molecule has 2 aromatic carbocycles. The Morgan fingerprint density at radius 2 is 1.66 bits per heavy atom. The minimum atomic E-state index is -0.615. The summed E-state index contributed by atoms with van der Waals surface area (Å²) in [5.41, 5.74) is 2.10. The number of nitrogens with zero attached hydrogens (tertiary/aromatic N) is 1. The zero-order chi connectivity index (χ0) is 21.2. The number of nitrogens with one attached hydrogen (secondary N) is 1. The van der Waals surface area contributed by atoms with Crippen molar-refractivity contribution in [2.45, 2.75) is 46.2 Å². The van der Waals surface area contributed by atoms with Crippen LogP contribution in [0.3, 0.4) is 0 Å². The van der Waals surface area contributed by atoms with Gasteiger partial charge in [0, 0.05) is 18.1 Å². The van der Waals surface area contributed by atoms with E-state index in [4.69, 9.17) is 16.3 Å². The van der Waals surface area contributed by atoms with E-state index >= 15 is 0 Å². The molecule has 0 aromatic heterocycles. The van der Waals surface area contributed by atoms with Crippen molar-refractivity contribution in [2.24, 2.45) is 0 Å². The highest BCUT2D eigenvalue weighted by Crippen LogP contribution is 2.16. The molecular formula is C23H29ClN2O3. The van der Waals surface area contributed by atoms with Crippen molar-refractivity contribution < 1.29 is 14.3 Å². The second-order valence-corrected chi connectivity index (χ2v) is 7.34. The molecule has 29 heavy (non-hydrogen) atoms. The summed E-state index contributed by atoms with van der Waals surface area (Å²) in [7, 11) is 0. The predicted molar refractivity (Wildman–Crippen MR) is 116 cm³/mol. The van der Waals surface area contributed by atoms with Crippen LogP contribution >= 0.6 is 11.6 Å². The van der Waals surface area contributed by atoms with Gasteiger partial charge in [0.2, 0.25) is 5.91 Å². The van der Waals surface area contributed by atoms with Crippen LogP contribution in [0.1, 0.15) is 38.3 Å². The lowest BCUT2D eigenvalue weighted by atomic mass is 10.1. The predicted octanol–water partition coefficient (Wildman–Crippen LogP) is 4.22. The molecule has 2 amide bonds. The summed E-state index contributed by atoms with van der Waals surface area (Å²) < 4.78 is 5.67. The summed E-state index contributed by atoms with van der Waals surface area (Å²) in [6, 6.07) is 14.3. The van der Waals surface area contributed by atoms with E-state index in [2.05, 4.69) is 12.2 Å². The lowest BCUT2D eigenvalue weighted by Gasteiger charge is -2.28. The van der Waals surface area contributed by atoms with E-state index in [1.165, 1.54) is 10.5 Å². The van der Waals surface area contributed by atoms with Crippen molar-refractivity contribution >= 4 is 23.4 Å². The quantitative estimate of drug-likeness (QED) is 0.630. The molecule has 2 aromatic rings. The number of hydrogen-bond acceptors (Lipinski definition) is 3. The Kier molecular flexibility index (Phi) is 9.00. The van der Waals surface area contributed by atoms with Crippen molar-refractivity contribution in [3.8, 4) is 5.75 Å². The number of carbonyl (C=O) groups excluding carboxylic acids is 2. The molecule has 0 heterocycles. The number of halogens is 1. The highest BCUT2D eigenvalue weighted by molar-refractivity contribution is 6.30. The molecule has 1 N–H and O–H groups in total. The summed E-state index contributed by atoms with van der Waals surface area (Å²) in [6.07, 6.45) is 1.78.